The Kier molecular flexibility index (Phi) is 4.62. The van der Waals surface area contributed by atoms with Gasteiger partial charge in [-0.25, -0.2) is 0 Å². The number of carbonyl (C=O) groups excluding carboxylic acids is 1. The highest BCUT2D eigenvalue weighted by Crippen LogP contribution is 2.39. The van der Waals surface area contributed by atoms with Crippen LogP contribution in [0.3, 0.4) is 0 Å². The quantitative estimate of drug-likeness (QED) is 0.659. The summed E-state index contributed by atoms with van der Waals surface area (Å²) in [6, 6.07) is 8.58. The van der Waals surface area contributed by atoms with Crippen molar-refractivity contribution >= 4 is 22.4 Å². The molecule has 7 heteroatoms. The highest BCUT2D eigenvalue weighted by molar-refractivity contribution is 6.16. The SMILES string of the molecule is COc1ccc2c(N)c(C(=O)c3cc(OC)c(OC)c(OC)c3)[nH]c2c1. The molecular formula is C19H20N2O5. The molecule has 3 aromatic rings. The van der Waals surface area contributed by atoms with Crippen LogP contribution >= 0.6 is 0 Å². The molecule has 0 aliphatic carbocycles. The summed E-state index contributed by atoms with van der Waals surface area (Å²) in [5, 5.41) is 0.751. The maximum absolute atomic E-state index is 13.0. The monoisotopic (exact) mass is 356 g/mol. The Morgan fingerprint density at radius 1 is 0.923 bits per heavy atom. The van der Waals surface area contributed by atoms with Gasteiger partial charge in [0.05, 0.1) is 39.6 Å². The van der Waals surface area contributed by atoms with Crippen LogP contribution in [0.2, 0.25) is 0 Å². The number of H-pyrrole nitrogens is 1. The van der Waals surface area contributed by atoms with Gasteiger partial charge in [0.15, 0.2) is 11.5 Å². The molecule has 0 spiro atoms. The van der Waals surface area contributed by atoms with E-state index in [0.717, 1.165) is 10.9 Å². The third kappa shape index (κ3) is 2.77. The zero-order valence-corrected chi connectivity index (χ0v) is 15.0. The van der Waals surface area contributed by atoms with Crippen LogP contribution in [-0.2, 0) is 0 Å². The number of hydrogen-bond donors (Lipinski definition) is 2. The molecule has 0 amide bonds. The fourth-order valence-corrected chi connectivity index (χ4v) is 2.86. The van der Waals surface area contributed by atoms with Crippen molar-refractivity contribution in [3.8, 4) is 23.0 Å². The third-order valence-electron chi connectivity index (χ3n) is 4.20. The molecular weight excluding hydrogens is 336 g/mol. The number of fused-ring (bicyclic) bond motifs is 1. The summed E-state index contributed by atoms with van der Waals surface area (Å²) in [6.07, 6.45) is 0. The fraction of sp³-hybridized carbons (Fsp3) is 0.211. The molecule has 7 nitrogen and oxygen atoms in total. The number of ketones is 1. The lowest BCUT2D eigenvalue weighted by Crippen LogP contribution is -2.06. The number of methoxy groups -OCH3 is 4. The van der Waals surface area contributed by atoms with Gasteiger partial charge in [-0.05, 0) is 24.3 Å². The number of nitrogen functional groups attached to an aromatic ring is 1. The Morgan fingerprint density at radius 3 is 2.12 bits per heavy atom. The van der Waals surface area contributed by atoms with E-state index in [2.05, 4.69) is 4.98 Å². The number of hydrogen-bond acceptors (Lipinski definition) is 6. The average molecular weight is 356 g/mol. The van der Waals surface area contributed by atoms with E-state index in [-0.39, 0.29) is 5.78 Å². The van der Waals surface area contributed by atoms with E-state index >= 15 is 0 Å². The molecule has 3 rings (SSSR count). The Labute approximate surface area is 150 Å². The number of nitrogens with one attached hydrogen (secondary N) is 1. The molecule has 136 valence electrons. The zero-order chi connectivity index (χ0) is 18.8. The van der Waals surface area contributed by atoms with E-state index < -0.39 is 0 Å². The van der Waals surface area contributed by atoms with Gasteiger partial charge in [-0.15, -0.1) is 0 Å². The van der Waals surface area contributed by atoms with Gasteiger partial charge >= 0.3 is 0 Å². The average Bonchev–Trinajstić information content (AvgIpc) is 3.01. The lowest BCUT2D eigenvalue weighted by atomic mass is 10.1. The highest BCUT2D eigenvalue weighted by Gasteiger charge is 2.22. The summed E-state index contributed by atoms with van der Waals surface area (Å²) in [5.41, 5.74) is 7.94. The first-order valence-electron chi connectivity index (χ1n) is 7.84. The first kappa shape index (κ1) is 17.5. The first-order valence-corrected chi connectivity index (χ1v) is 7.84. The summed E-state index contributed by atoms with van der Waals surface area (Å²) in [7, 11) is 6.07. The van der Waals surface area contributed by atoms with Crippen LogP contribution in [0.15, 0.2) is 30.3 Å². The molecule has 1 heterocycles. The predicted octanol–water partition coefficient (Wildman–Crippen LogP) is 3.02. The minimum absolute atomic E-state index is 0.281. The van der Waals surface area contributed by atoms with E-state index in [4.69, 9.17) is 24.7 Å². The van der Waals surface area contributed by atoms with Gasteiger partial charge in [0.25, 0.3) is 0 Å². The van der Waals surface area contributed by atoms with Gasteiger partial charge in [0.1, 0.15) is 11.4 Å². The summed E-state index contributed by atoms with van der Waals surface area (Å²) in [4.78, 5) is 16.1. The minimum Gasteiger partial charge on any atom is -0.497 e. The summed E-state index contributed by atoms with van der Waals surface area (Å²) >= 11 is 0. The van der Waals surface area contributed by atoms with Crippen molar-refractivity contribution in [1.29, 1.82) is 0 Å². The van der Waals surface area contributed by atoms with Crippen LogP contribution in [-0.4, -0.2) is 39.2 Å². The number of benzene rings is 2. The van der Waals surface area contributed by atoms with E-state index in [9.17, 15) is 4.79 Å². The van der Waals surface area contributed by atoms with Gasteiger partial charge in [-0.2, -0.15) is 0 Å². The number of aromatic amines is 1. The Bertz CT molecular complexity index is 952. The van der Waals surface area contributed by atoms with Crippen LogP contribution in [0, 0.1) is 0 Å². The third-order valence-corrected chi connectivity index (χ3v) is 4.20. The van der Waals surface area contributed by atoms with Crippen molar-refractivity contribution in [2.24, 2.45) is 0 Å². The second-order valence-electron chi connectivity index (χ2n) is 5.57. The largest absolute Gasteiger partial charge is 0.497 e. The molecule has 0 saturated heterocycles. The zero-order valence-electron chi connectivity index (χ0n) is 15.0. The van der Waals surface area contributed by atoms with E-state index in [0.29, 0.717) is 39.9 Å². The van der Waals surface area contributed by atoms with Crippen LogP contribution in [0.5, 0.6) is 23.0 Å². The maximum Gasteiger partial charge on any atom is 0.211 e. The van der Waals surface area contributed by atoms with Gasteiger partial charge in [0.2, 0.25) is 11.5 Å². The summed E-state index contributed by atoms with van der Waals surface area (Å²) in [6.45, 7) is 0. The van der Waals surface area contributed by atoms with Crippen LogP contribution in [0.25, 0.3) is 10.9 Å². The fourth-order valence-electron chi connectivity index (χ4n) is 2.86. The van der Waals surface area contributed by atoms with E-state index in [1.807, 2.05) is 6.07 Å². The first-order chi connectivity index (χ1) is 12.5. The molecule has 26 heavy (non-hydrogen) atoms. The topological polar surface area (TPSA) is 95.8 Å². The molecule has 0 fully saturated rings. The van der Waals surface area contributed by atoms with Crippen LogP contribution in [0.1, 0.15) is 16.1 Å². The number of carbonyl (C=O) groups is 1. The molecule has 0 atom stereocenters. The number of anilines is 1. The standard InChI is InChI=1S/C19H20N2O5/c1-23-11-5-6-12-13(9-11)21-17(16(12)20)18(22)10-7-14(24-2)19(26-4)15(8-10)25-3/h5-9,21H,20H2,1-4H3. The smallest absolute Gasteiger partial charge is 0.211 e. The Hall–Kier alpha value is -3.35. The molecule has 0 saturated carbocycles. The number of nitrogens with two attached hydrogens (primary N) is 1. The minimum atomic E-state index is -0.281. The van der Waals surface area contributed by atoms with E-state index in [1.165, 1.54) is 21.3 Å². The van der Waals surface area contributed by atoms with Crippen molar-refractivity contribution in [1.82, 2.24) is 4.98 Å². The number of ether oxygens (including phenoxy) is 4. The second-order valence-corrected chi connectivity index (χ2v) is 5.57. The van der Waals surface area contributed by atoms with Gasteiger partial charge in [-0.3, -0.25) is 4.79 Å². The van der Waals surface area contributed by atoms with Crippen molar-refractivity contribution in [2.45, 2.75) is 0 Å². The molecule has 1 aromatic heterocycles. The molecule has 0 bridgehead atoms. The van der Waals surface area contributed by atoms with Crippen molar-refractivity contribution in [2.75, 3.05) is 34.2 Å². The molecule has 0 aliphatic rings. The number of aromatic nitrogens is 1. The van der Waals surface area contributed by atoms with Crippen molar-refractivity contribution < 1.29 is 23.7 Å². The molecule has 0 radical (unpaired) electrons. The highest BCUT2D eigenvalue weighted by atomic mass is 16.5. The second kappa shape index (κ2) is 6.87. The lowest BCUT2D eigenvalue weighted by molar-refractivity contribution is 0.103. The Morgan fingerprint density at radius 2 is 1.58 bits per heavy atom. The molecule has 2 aromatic carbocycles. The maximum atomic E-state index is 13.0. The molecule has 0 aliphatic heterocycles. The van der Waals surface area contributed by atoms with Crippen molar-refractivity contribution in [3.05, 3.63) is 41.6 Å². The molecule has 0 unspecified atom stereocenters. The van der Waals surface area contributed by atoms with Gasteiger partial charge in [0, 0.05) is 17.0 Å². The lowest BCUT2D eigenvalue weighted by Gasteiger charge is -2.13. The Balaban J connectivity index is 2.12. The van der Waals surface area contributed by atoms with Crippen LogP contribution in [0.4, 0.5) is 5.69 Å². The van der Waals surface area contributed by atoms with E-state index in [1.54, 1.807) is 31.4 Å². The summed E-state index contributed by atoms with van der Waals surface area (Å²) < 4.78 is 21.1. The van der Waals surface area contributed by atoms with Crippen molar-refractivity contribution in [3.63, 3.8) is 0 Å². The normalized spacial score (nSPS) is 10.6. The summed E-state index contributed by atoms with van der Waals surface area (Å²) in [5.74, 6) is 1.60. The molecule has 3 N–H and O–H groups in total. The van der Waals surface area contributed by atoms with Gasteiger partial charge < -0.3 is 29.7 Å². The number of rotatable bonds is 6. The van der Waals surface area contributed by atoms with Gasteiger partial charge in [-0.1, -0.05) is 0 Å². The predicted molar refractivity (Wildman–Crippen MR) is 98.8 cm³/mol. The van der Waals surface area contributed by atoms with Crippen LogP contribution < -0.4 is 24.7 Å².